The van der Waals surface area contributed by atoms with Crippen molar-refractivity contribution in [2.24, 2.45) is 5.92 Å². The van der Waals surface area contributed by atoms with Gasteiger partial charge in [-0.3, -0.25) is 9.59 Å². The van der Waals surface area contributed by atoms with E-state index >= 15 is 0 Å². The number of ketones is 1. The lowest BCUT2D eigenvalue weighted by Crippen LogP contribution is -2.43. The molecule has 29 heavy (non-hydrogen) atoms. The number of anilines is 1. The molecule has 0 aliphatic carbocycles. The molecule has 0 spiro atoms. The number of carbonyl (C=O) groups is 2. The van der Waals surface area contributed by atoms with Crippen molar-refractivity contribution in [1.82, 2.24) is 0 Å². The van der Waals surface area contributed by atoms with Crippen molar-refractivity contribution in [2.45, 2.75) is 32.0 Å². The predicted molar refractivity (Wildman–Crippen MR) is 114 cm³/mol. The molecule has 0 aromatic heterocycles. The van der Waals surface area contributed by atoms with Gasteiger partial charge in [-0.15, -0.1) is 0 Å². The number of benzene rings is 3. The summed E-state index contributed by atoms with van der Waals surface area (Å²) in [4.78, 5) is 24.6. The van der Waals surface area contributed by atoms with Crippen LogP contribution in [0.3, 0.4) is 0 Å². The van der Waals surface area contributed by atoms with Gasteiger partial charge in [0.05, 0.1) is 0 Å². The molecule has 0 saturated heterocycles. The third kappa shape index (κ3) is 5.50. The van der Waals surface area contributed by atoms with E-state index in [1.165, 1.54) is 0 Å². The number of hydrogen-bond acceptors (Lipinski definition) is 4. The Balaban J connectivity index is 1.56. The summed E-state index contributed by atoms with van der Waals surface area (Å²) in [5.41, 5.74) is 1.58. The van der Waals surface area contributed by atoms with E-state index < -0.39 is 23.9 Å². The molecule has 1 amide bonds. The van der Waals surface area contributed by atoms with Crippen LogP contribution in [-0.4, -0.2) is 34.1 Å². The standard InChI is InChI=1S/C24H25NO4/c1-16(13-17-7-3-2-4-8-17)14-21(26)22(27)23(28)24(29)25-20-12-11-18-9-5-6-10-19(18)15-20/h2-12,15-16,22-23,27-28H,13-14H2,1H3,(H,25,29)/t16-,22+,23-/m1/s1. The highest BCUT2D eigenvalue weighted by molar-refractivity contribution is 6.00. The van der Waals surface area contributed by atoms with Gasteiger partial charge in [0.25, 0.3) is 5.91 Å². The molecule has 3 rings (SSSR count). The maximum Gasteiger partial charge on any atom is 0.256 e. The predicted octanol–water partition coefficient (Wildman–Crippen LogP) is 3.34. The van der Waals surface area contributed by atoms with Crippen LogP contribution in [0.5, 0.6) is 0 Å². The molecule has 5 nitrogen and oxygen atoms in total. The van der Waals surface area contributed by atoms with E-state index in [-0.39, 0.29) is 12.3 Å². The number of rotatable bonds is 8. The minimum Gasteiger partial charge on any atom is -0.382 e. The van der Waals surface area contributed by atoms with Crippen molar-refractivity contribution in [3.8, 4) is 0 Å². The van der Waals surface area contributed by atoms with Crippen LogP contribution in [0.4, 0.5) is 5.69 Å². The lowest BCUT2D eigenvalue weighted by Gasteiger charge is -2.19. The molecule has 0 unspecified atom stereocenters. The molecule has 3 atom stereocenters. The van der Waals surface area contributed by atoms with Gasteiger partial charge < -0.3 is 15.5 Å². The van der Waals surface area contributed by atoms with E-state index in [1.54, 1.807) is 12.1 Å². The molecule has 3 aromatic rings. The number of amides is 1. The molecule has 0 fully saturated rings. The Kier molecular flexibility index (Phi) is 6.75. The number of nitrogens with one attached hydrogen (secondary N) is 1. The molecule has 3 aromatic carbocycles. The van der Waals surface area contributed by atoms with Gasteiger partial charge in [0.15, 0.2) is 11.9 Å². The zero-order valence-electron chi connectivity index (χ0n) is 16.3. The molecule has 0 aliphatic rings. The highest BCUT2D eigenvalue weighted by atomic mass is 16.3. The monoisotopic (exact) mass is 391 g/mol. The maximum absolute atomic E-state index is 12.3. The van der Waals surface area contributed by atoms with Gasteiger partial charge in [0.1, 0.15) is 6.10 Å². The topological polar surface area (TPSA) is 86.6 Å². The lowest BCUT2D eigenvalue weighted by molar-refractivity contribution is -0.142. The molecule has 0 heterocycles. The zero-order valence-corrected chi connectivity index (χ0v) is 16.3. The largest absolute Gasteiger partial charge is 0.382 e. The first-order chi connectivity index (χ1) is 13.9. The first kappa shape index (κ1) is 20.7. The maximum atomic E-state index is 12.3. The number of hydrogen-bond donors (Lipinski definition) is 3. The van der Waals surface area contributed by atoms with Crippen molar-refractivity contribution in [3.63, 3.8) is 0 Å². The SMILES string of the molecule is C[C@@H](CC(=O)[C@H](O)[C@@H](O)C(=O)Nc1ccc2ccccc2c1)Cc1ccccc1. The van der Waals surface area contributed by atoms with Crippen molar-refractivity contribution in [3.05, 3.63) is 78.4 Å². The first-order valence-corrected chi connectivity index (χ1v) is 9.66. The van der Waals surface area contributed by atoms with Gasteiger partial charge in [-0.2, -0.15) is 0 Å². The van der Waals surface area contributed by atoms with Crippen molar-refractivity contribution >= 4 is 28.2 Å². The molecule has 5 heteroatoms. The molecule has 0 radical (unpaired) electrons. The normalized spacial score (nSPS) is 14.2. The third-order valence-corrected chi connectivity index (χ3v) is 4.89. The number of aliphatic hydroxyl groups is 2. The summed E-state index contributed by atoms with van der Waals surface area (Å²) in [5.74, 6) is -1.37. The zero-order chi connectivity index (χ0) is 20.8. The van der Waals surface area contributed by atoms with Gasteiger partial charge in [-0.05, 0) is 40.8 Å². The summed E-state index contributed by atoms with van der Waals surface area (Å²) < 4.78 is 0. The average Bonchev–Trinajstić information content (AvgIpc) is 2.73. The Morgan fingerprint density at radius 2 is 1.52 bits per heavy atom. The second kappa shape index (κ2) is 9.45. The van der Waals surface area contributed by atoms with Crippen LogP contribution in [0, 0.1) is 5.92 Å². The summed E-state index contributed by atoms with van der Waals surface area (Å²) in [5, 5.41) is 24.8. The quantitative estimate of drug-likeness (QED) is 0.550. The van der Waals surface area contributed by atoms with Crippen LogP contribution < -0.4 is 5.32 Å². The smallest absolute Gasteiger partial charge is 0.256 e. The molecular formula is C24H25NO4. The van der Waals surface area contributed by atoms with Gasteiger partial charge in [-0.25, -0.2) is 0 Å². The third-order valence-electron chi connectivity index (χ3n) is 4.89. The van der Waals surface area contributed by atoms with Crippen LogP contribution in [0.15, 0.2) is 72.8 Å². The Labute approximate surface area is 170 Å². The fourth-order valence-corrected chi connectivity index (χ4v) is 3.36. The van der Waals surface area contributed by atoms with E-state index in [9.17, 15) is 19.8 Å². The molecule has 150 valence electrons. The number of Topliss-reactive ketones (excluding diaryl/α,β-unsaturated/α-hetero) is 1. The van der Waals surface area contributed by atoms with E-state index in [2.05, 4.69) is 5.32 Å². The van der Waals surface area contributed by atoms with E-state index in [0.29, 0.717) is 12.1 Å². The summed E-state index contributed by atoms with van der Waals surface area (Å²) in [6, 6.07) is 22.7. The Hall–Kier alpha value is -3.02. The van der Waals surface area contributed by atoms with Gasteiger partial charge in [0, 0.05) is 12.1 Å². The van der Waals surface area contributed by atoms with E-state index in [4.69, 9.17) is 0 Å². The van der Waals surface area contributed by atoms with Gasteiger partial charge in [0.2, 0.25) is 0 Å². The molecule has 0 bridgehead atoms. The van der Waals surface area contributed by atoms with Crippen LogP contribution in [-0.2, 0) is 16.0 Å². The van der Waals surface area contributed by atoms with E-state index in [1.807, 2.05) is 67.6 Å². The first-order valence-electron chi connectivity index (χ1n) is 9.66. The molecule has 3 N–H and O–H groups in total. The van der Waals surface area contributed by atoms with Crippen LogP contribution in [0.1, 0.15) is 18.9 Å². The highest BCUT2D eigenvalue weighted by Gasteiger charge is 2.30. The summed E-state index contributed by atoms with van der Waals surface area (Å²) >= 11 is 0. The number of fused-ring (bicyclic) bond motifs is 1. The summed E-state index contributed by atoms with van der Waals surface area (Å²) in [6.07, 6.45) is -2.82. The van der Waals surface area contributed by atoms with Crippen molar-refractivity contribution in [2.75, 3.05) is 5.32 Å². The minimum atomic E-state index is -1.82. The van der Waals surface area contributed by atoms with Crippen molar-refractivity contribution < 1.29 is 19.8 Å². The second-order valence-electron chi connectivity index (χ2n) is 7.41. The molecule has 0 aliphatic heterocycles. The fourth-order valence-electron chi connectivity index (χ4n) is 3.36. The number of carbonyl (C=O) groups excluding carboxylic acids is 2. The molecule has 0 saturated carbocycles. The second-order valence-corrected chi connectivity index (χ2v) is 7.41. The van der Waals surface area contributed by atoms with Crippen LogP contribution in [0.2, 0.25) is 0 Å². The van der Waals surface area contributed by atoms with Crippen molar-refractivity contribution in [1.29, 1.82) is 0 Å². The van der Waals surface area contributed by atoms with Crippen LogP contribution >= 0.6 is 0 Å². The van der Waals surface area contributed by atoms with Crippen LogP contribution in [0.25, 0.3) is 10.8 Å². The Bertz CT molecular complexity index is 986. The fraction of sp³-hybridized carbons (Fsp3) is 0.250. The van der Waals surface area contributed by atoms with E-state index in [0.717, 1.165) is 16.3 Å². The average molecular weight is 391 g/mol. The summed E-state index contributed by atoms with van der Waals surface area (Å²) in [7, 11) is 0. The Morgan fingerprint density at radius 1 is 0.862 bits per heavy atom. The van der Waals surface area contributed by atoms with Gasteiger partial charge >= 0.3 is 0 Å². The number of aliphatic hydroxyl groups excluding tert-OH is 2. The summed E-state index contributed by atoms with van der Waals surface area (Å²) in [6.45, 7) is 1.90. The molecular weight excluding hydrogens is 366 g/mol. The highest BCUT2D eigenvalue weighted by Crippen LogP contribution is 2.19. The minimum absolute atomic E-state index is 0.0182. The lowest BCUT2D eigenvalue weighted by atomic mass is 9.93. The van der Waals surface area contributed by atoms with Gasteiger partial charge in [-0.1, -0.05) is 67.6 Å². The Morgan fingerprint density at radius 3 is 2.24 bits per heavy atom.